The molecule has 2 aromatic carbocycles. The highest BCUT2D eigenvalue weighted by Gasteiger charge is 2.17. The molecule has 0 fully saturated rings. The monoisotopic (exact) mass is 383 g/mol. The Morgan fingerprint density at radius 2 is 1.61 bits per heavy atom. The smallest absolute Gasteiger partial charge is 0.412 e. The summed E-state index contributed by atoms with van der Waals surface area (Å²) in [5.41, 5.74) is 1.68. The third kappa shape index (κ3) is 6.70. The van der Waals surface area contributed by atoms with E-state index >= 15 is 0 Å². The number of hydrogen-bond acceptors (Lipinski definition) is 4. The zero-order chi connectivity index (χ0) is 20.7. The summed E-state index contributed by atoms with van der Waals surface area (Å²) in [5.74, 6) is -0.161. The normalized spacial score (nSPS) is 12.4. The molecule has 2 N–H and O–H groups in total. The van der Waals surface area contributed by atoms with Gasteiger partial charge in [-0.2, -0.15) is 0 Å². The van der Waals surface area contributed by atoms with Gasteiger partial charge in [-0.05, 0) is 64.7 Å². The number of carbonyl (C=O) groups is 2. The van der Waals surface area contributed by atoms with Crippen molar-refractivity contribution < 1.29 is 14.3 Å². The molecule has 0 aliphatic heterocycles. The fraction of sp³-hybridized carbons (Fsp3) is 0.364. The molecule has 0 heterocycles. The Morgan fingerprint density at radius 3 is 2.14 bits per heavy atom. The largest absolute Gasteiger partial charge is 0.444 e. The van der Waals surface area contributed by atoms with Gasteiger partial charge in [0.2, 0.25) is 0 Å². The Hall–Kier alpha value is -2.86. The highest BCUT2D eigenvalue weighted by atomic mass is 16.6. The van der Waals surface area contributed by atoms with E-state index in [0.717, 1.165) is 5.56 Å². The molecule has 28 heavy (non-hydrogen) atoms. The zero-order valence-electron chi connectivity index (χ0n) is 17.2. The van der Waals surface area contributed by atoms with Crippen molar-refractivity contribution >= 4 is 17.7 Å². The average molecular weight is 383 g/mol. The predicted octanol–water partition coefficient (Wildman–Crippen LogP) is 4.07. The summed E-state index contributed by atoms with van der Waals surface area (Å²) in [7, 11) is 3.97. The highest BCUT2D eigenvalue weighted by molar-refractivity contribution is 5.95. The maximum absolute atomic E-state index is 12.5. The fourth-order valence-electron chi connectivity index (χ4n) is 2.69. The number of amides is 2. The zero-order valence-corrected chi connectivity index (χ0v) is 17.2. The van der Waals surface area contributed by atoms with Crippen LogP contribution in [0.1, 0.15) is 42.7 Å². The quantitative estimate of drug-likeness (QED) is 0.789. The molecule has 2 aromatic rings. The van der Waals surface area contributed by atoms with Gasteiger partial charge in [0.25, 0.3) is 5.91 Å². The second kappa shape index (κ2) is 9.37. The van der Waals surface area contributed by atoms with Crippen LogP contribution in [0.2, 0.25) is 0 Å². The lowest BCUT2D eigenvalue weighted by Gasteiger charge is -2.25. The molecule has 0 unspecified atom stereocenters. The summed E-state index contributed by atoms with van der Waals surface area (Å²) in [5, 5.41) is 5.63. The van der Waals surface area contributed by atoms with E-state index in [9.17, 15) is 9.59 Å². The molecule has 0 aromatic heterocycles. The lowest BCUT2D eigenvalue weighted by Crippen LogP contribution is -2.34. The minimum atomic E-state index is -0.564. The molecule has 0 radical (unpaired) electrons. The average Bonchev–Trinajstić information content (AvgIpc) is 2.61. The molecule has 0 spiro atoms. The summed E-state index contributed by atoms with van der Waals surface area (Å²) in [6.45, 7) is 5.90. The maximum Gasteiger partial charge on any atom is 0.412 e. The lowest BCUT2D eigenvalue weighted by molar-refractivity contribution is 0.0635. The van der Waals surface area contributed by atoms with Crippen molar-refractivity contribution in [1.29, 1.82) is 0 Å². The van der Waals surface area contributed by atoms with Crippen LogP contribution in [0.25, 0.3) is 0 Å². The van der Waals surface area contributed by atoms with Crippen LogP contribution in [0.15, 0.2) is 54.6 Å². The van der Waals surface area contributed by atoms with Gasteiger partial charge in [0.05, 0.1) is 6.04 Å². The Morgan fingerprint density at radius 1 is 1.00 bits per heavy atom. The van der Waals surface area contributed by atoms with Gasteiger partial charge in [-0.25, -0.2) is 4.79 Å². The topological polar surface area (TPSA) is 70.7 Å². The van der Waals surface area contributed by atoms with E-state index in [0.29, 0.717) is 17.8 Å². The van der Waals surface area contributed by atoms with Crippen molar-refractivity contribution in [1.82, 2.24) is 10.2 Å². The summed E-state index contributed by atoms with van der Waals surface area (Å²) < 4.78 is 5.21. The van der Waals surface area contributed by atoms with Crippen LogP contribution in [0.5, 0.6) is 0 Å². The standard InChI is InChI=1S/C22H29N3O3/c1-22(2,3)28-21(27)24-18-13-11-17(12-14-18)20(26)23-15-19(25(4)5)16-9-7-6-8-10-16/h6-14,19H,15H2,1-5H3,(H,23,26)(H,24,27)/t19-/m1/s1. The van der Waals surface area contributed by atoms with Crippen molar-refractivity contribution in [3.8, 4) is 0 Å². The molecule has 0 saturated heterocycles. The maximum atomic E-state index is 12.5. The first-order chi connectivity index (χ1) is 13.2. The van der Waals surface area contributed by atoms with E-state index in [1.807, 2.05) is 44.4 Å². The molecule has 2 amide bonds. The van der Waals surface area contributed by atoms with Gasteiger partial charge in [-0.15, -0.1) is 0 Å². The predicted molar refractivity (Wildman–Crippen MR) is 112 cm³/mol. The Kier molecular flexibility index (Phi) is 7.18. The molecule has 6 heteroatoms. The van der Waals surface area contributed by atoms with Crippen molar-refractivity contribution in [2.45, 2.75) is 32.4 Å². The first kappa shape index (κ1) is 21.4. The van der Waals surface area contributed by atoms with Crippen molar-refractivity contribution in [2.24, 2.45) is 0 Å². The van der Waals surface area contributed by atoms with E-state index in [-0.39, 0.29) is 11.9 Å². The Balaban J connectivity index is 1.94. The molecule has 0 aliphatic carbocycles. The van der Waals surface area contributed by atoms with Crippen molar-refractivity contribution in [2.75, 3.05) is 26.0 Å². The van der Waals surface area contributed by atoms with E-state index < -0.39 is 11.7 Å². The van der Waals surface area contributed by atoms with Gasteiger partial charge in [-0.3, -0.25) is 10.1 Å². The number of nitrogens with zero attached hydrogens (tertiary/aromatic N) is 1. The number of benzene rings is 2. The minimum Gasteiger partial charge on any atom is -0.444 e. The molecule has 150 valence electrons. The minimum absolute atomic E-state index is 0.0817. The number of anilines is 1. The molecule has 2 rings (SSSR count). The number of likely N-dealkylation sites (N-methyl/N-ethyl adjacent to an activating group) is 1. The number of hydrogen-bond donors (Lipinski definition) is 2. The van der Waals surface area contributed by atoms with Crippen LogP contribution in [0.4, 0.5) is 10.5 Å². The van der Waals surface area contributed by atoms with Crippen LogP contribution < -0.4 is 10.6 Å². The summed E-state index contributed by atoms with van der Waals surface area (Å²) in [6, 6.07) is 16.8. The Labute approximate surface area is 166 Å². The second-order valence-corrected chi connectivity index (χ2v) is 7.80. The molecule has 0 saturated carbocycles. The third-order valence-electron chi connectivity index (χ3n) is 4.06. The summed E-state index contributed by atoms with van der Waals surface area (Å²) in [4.78, 5) is 26.4. The SMILES string of the molecule is CN(C)[C@H](CNC(=O)c1ccc(NC(=O)OC(C)(C)C)cc1)c1ccccc1. The highest BCUT2D eigenvalue weighted by Crippen LogP contribution is 2.17. The van der Waals surface area contributed by atoms with E-state index in [1.54, 1.807) is 45.0 Å². The van der Waals surface area contributed by atoms with Crippen molar-refractivity contribution in [3.63, 3.8) is 0 Å². The third-order valence-corrected chi connectivity index (χ3v) is 4.06. The van der Waals surface area contributed by atoms with Crippen LogP contribution in [0.3, 0.4) is 0 Å². The van der Waals surface area contributed by atoms with Gasteiger partial charge in [-0.1, -0.05) is 30.3 Å². The van der Waals surface area contributed by atoms with Crippen LogP contribution in [-0.4, -0.2) is 43.1 Å². The van der Waals surface area contributed by atoms with E-state index in [1.165, 1.54) is 0 Å². The number of carbonyl (C=O) groups excluding carboxylic acids is 2. The van der Waals surface area contributed by atoms with Crippen LogP contribution >= 0.6 is 0 Å². The van der Waals surface area contributed by atoms with Crippen LogP contribution in [0, 0.1) is 0 Å². The second-order valence-electron chi connectivity index (χ2n) is 7.80. The number of rotatable bonds is 6. The molecule has 6 nitrogen and oxygen atoms in total. The van der Waals surface area contributed by atoms with Crippen LogP contribution in [-0.2, 0) is 4.74 Å². The van der Waals surface area contributed by atoms with Gasteiger partial charge in [0, 0.05) is 17.8 Å². The van der Waals surface area contributed by atoms with E-state index in [2.05, 4.69) is 15.5 Å². The first-order valence-electron chi connectivity index (χ1n) is 9.25. The van der Waals surface area contributed by atoms with Gasteiger partial charge in [0.1, 0.15) is 5.60 Å². The number of nitrogens with one attached hydrogen (secondary N) is 2. The molecular formula is C22H29N3O3. The lowest BCUT2D eigenvalue weighted by atomic mass is 10.1. The summed E-state index contributed by atoms with van der Waals surface area (Å²) >= 11 is 0. The molecule has 1 atom stereocenters. The molecular weight excluding hydrogens is 354 g/mol. The fourth-order valence-corrected chi connectivity index (χ4v) is 2.69. The number of ether oxygens (including phenoxy) is 1. The van der Waals surface area contributed by atoms with E-state index in [4.69, 9.17) is 4.74 Å². The summed E-state index contributed by atoms with van der Waals surface area (Å²) in [6.07, 6.45) is -0.526. The van der Waals surface area contributed by atoms with Gasteiger partial charge < -0.3 is 15.0 Å². The van der Waals surface area contributed by atoms with Crippen molar-refractivity contribution in [3.05, 3.63) is 65.7 Å². The molecule has 0 bridgehead atoms. The van der Waals surface area contributed by atoms with Gasteiger partial charge >= 0.3 is 6.09 Å². The molecule has 0 aliphatic rings. The first-order valence-corrected chi connectivity index (χ1v) is 9.25. The Bertz CT molecular complexity index is 781. The van der Waals surface area contributed by atoms with Gasteiger partial charge in [0.15, 0.2) is 0 Å².